The molecule has 2 aromatic rings. The maximum atomic E-state index is 5.24. The molecule has 0 atom stereocenters. The summed E-state index contributed by atoms with van der Waals surface area (Å²) in [6, 6.07) is 15.3. The summed E-state index contributed by atoms with van der Waals surface area (Å²) >= 11 is 8.57. The summed E-state index contributed by atoms with van der Waals surface area (Å²) in [4.78, 5) is 0. The standard InChI is InChI=1S/C15H14BrN3OS/c1-20-14-5-3-2-4-13(14)18-15(21)19-17-10-11-6-8-12(16)9-7-11/h2-10H,1H3,(H2,18,19,21)/b17-10-. The molecule has 2 aromatic carbocycles. The molecule has 0 aliphatic heterocycles. The molecule has 0 unspecified atom stereocenters. The maximum absolute atomic E-state index is 5.24. The van der Waals surface area contributed by atoms with Gasteiger partial charge in [0.05, 0.1) is 19.0 Å². The Hall–Kier alpha value is -1.92. The van der Waals surface area contributed by atoms with E-state index in [1.165, 1.54) is 0 Å². The number of anilines is 1. The summed E-state index contributed by atoms with van der Waals surface area (Å²) in [6.07, 6.45) is 1.70. The van der Waals surface area contributed by atoms with Crippen LogP contribution in [0.25, 0.3) is 0 Å². The first-order valence-corrected chi connectivity index (χ1v) is 7.38. The molecule has 0 saturated carbocycles. The molecule has 0 saturated heterocycles. The van der Waals surface area contributed by atoms with Crippen LogP contribution in [0.5, 0.6) is 5.75 Å². The SMILES string of the molecule is COc1ccccc1NC(=S)N/N=C\c1ccc(Br)cc1. The second kappa shape index (κ2) is 7.75. The Kier molecular flexibility index (Phi) is 5.71. The lowest BCUT2D eigenvalue weighted by Crippen LogP contribution is -2.24. The zero-order valence-corrected chi connectivity index (χ0v) is 13.7. The van der Waals surface area contributed by atoms with Gasteiger partial charge in [0.2, 0.25) is 0 Å². The average molecular weight is 364 g/mol. The van der Waals surface area contributed by atoms with Gasteiger partial charge in [0.15, 0.2) is 5.11 Å². The number of hydrogen-bond acceptors (Lipinski definition) is 3. The van der Waals surface area contributed by atoms with Crippen molar-refractivity contribution in [3.8, 4) is 5.75 Å². The summed E-state index contributed by atoms with van der Waals surface area (Å²) in [5.41, 5.74) is 4.53. The first-order valence-electron chi connectivity index (χ1n) is 6.17. The van der Waals surface area contributed by atoms with Crippen molar-refractivity contribution in [2.75, 3.05) is 12.4 Å². The minimum atomic E-state index is 0.396. The highest BCUT2D eigenvalue weighted by Gasteiger charge is 2.02. The molecule has 0 aliphatic carbocycles. The molecule has 0 spiro atoms. The molecule has 0 aliphatic rings. The first-order chi connectivity index (χ1) is 10.2. The normalized spacial score (nSPS) is 10.4. The number of nitrogens with zero attached hydrogens (tertiary/aromatic N) is 1. The topological polar surface area (TPSA) is 45.6 Å². The van der Waals surface area contributed by atoms with Gasteiger partial charge in [-0.2, -0.15) is 5.10 Å². The molecule has 4 nitrogen and oxygen atoms in total. The van der Waals surface area contributed by atoms with Crippen molar-refractivity contribution in [2.45, 2.75) is 0 Å². The zero-order valence-electron chi connectivity index (χ0n) is 11.3. The summed E-state index contributed by atoms with van der Waals surface area (Å²) in [5, 5.41) is 7.52. The van der Waals surface area contributed by atoms with E-state index in [4.69, 9.17) is 17.0 Å². The van der Waals surface area contributed by atoms with Crippen molar-refractivity contribution in [2.24, 2.45) is 5.10 Å². The Balaban J connectivity index is 1.91. The van der Waals surface area contributed by atoms with E-state index >= 15 is 0 Å². The predicted molar refractivity (Wildman–Crippen MR) is 94.1 cm³/mol. The quantitative estimate of drug-likeness (QED) is 0.493. The third kappa shape index (κ3) is 4.84. The van der Waals surface area contributed by atoms with Crippen molar-refractivity contribution in [1.29, 1.82) is 0 Å². The van der Waals surface area contributed by atoms with Crippen molar-refractivity contribution >= 4 is 45.2 Å². The number of thiocarbonyl (C=S) groups is 1. The molecule has 21 heavy (non-hydrogen) atoms. The Morgan fingerprint density at radius 2 is 1.90 bits per heavy atom. The minimum Gasteiger partial charge on any atom is -0.495 e. The van der Waals surface area contributed by atoms with E-state index in [1.807, 2.05) is 48.5 Å². The zero-order chi connectivity index (χ0) is 15.1. The average Bonchev–Trinajstić information content (AvgIpc) is 2.50. The maximum Gasteiger partial charge on any atom is 0.191 e. The molecule has 108 valence electrons. The number of methoxy groups -OCH3 is 1. The summed E-state index contributed by atoms with van der Waals surface area (Å²) in [5.74, 6) is 0.721. The van der Waals surface area contributed by atoms with Crippen LogP contribution in [-0.4, -0.2) is 18.4 Å². The first kappa shape index (κ1) is 15.5. The highest BCUT2D eigenvalue weighted by atomic mass is 79.9. The van der Waals surface area contributed by atoms with Crippen molar-refractivity contribution in [1.82, 2.24) is 5.43 Å². The highest BCUT2D eigenvalue weighted by molar-refractivity contribution is 9.10. The predicted octanol–water partition coefficient (Wildman–Crippen LogP) is 3.78. The lowest BCUT2D eigenvalue weighted by atomic mass is 10.2. The number of hydrazone groups is 1. The van der Waals surface area contributed by atoms with Gasteiger partial charge in [-0.1, -0.05) is 40.2 Å². The molecule has 2 N–H and O–H groups in total. The molecule has 0 bridgehead atoms. The Morgan fingerprint density at radius 3 is 2.62 bits per heavy atom. The smallest absolute Gasteiger partial charge is 0.191 e. The molecular formula is C15H14BrN3OS. The molecule has 0 heterocycles. The van der Waals surface area contributed by atoms with E-state index < -0.39 is 0 Å². The van der Waals surface area contributed by atoms with Crippen LogP contribution >= 0.6 is 28.1 Å². The van der Waals surface area contributed by atoms with Gasteiger partial charge in [-0.15, -0.1) is 0 Å². The van der Waals surface area contributed by atoms with Gasteiger partial charge in [0, 0.05) is 4.47 Å². The van der Waals surface area contributed by atoms with Crippen LogP contribution in [-0.2, 0) is 0 Å². The van der Waals surface area contributed by atoms with Gasteiger partial charge in [-0.25, -0.2) is 0 Å². The van der Waals surface area contributed by atoms with Gasteiger partial charge in [-0.05, 0) is 42.0 Å². The second-order valence-corrected chi connectivity index (χ2v) is 5.40. The molecule has 0 fully saturated rings. The minimum absolute atomic E-state index is 0.396. The number of halogens is 1. The lowest BCUT2D eigenvalue weighted by molar-refractivity contribution is 0.417. The van der Waals surface area contributed by atoms with Crippen LogP contribution in [0.4, 0.5) is 5.69 Å². The fourth-order valence-corrected chi connectivity index (χ4v) is 2.04. The fourth-order valence-electron chi connectivity index (χ4n) is 1.61. The largest absolute Gasteiger partial charge is 0.495 e. The number of benzene rings is 2. The van der Waals surface area contributed by atoms with E-state index in [-0.39, 0.29) is 0 Å². The van der Waals surface area contributed by atoms with Crippen LogP contribution in [0.1, 0.15) is 5.56 Å². The number of ether oxygens (including phenoxy) is 1. The van der Waals surface area contributed by atoms with Gasteiger partial charge in [0.1, 0.15) is 5.75 Å². The van der Waals surface area contributed by atoms with E-state index in [2.05, 4.69) is 31.8 Å². The van der Waals surface area contributed by atoms with E-state index in [1.54, 1.807) is 13.3 Å². The molecule has 0 radical (unpaired) electrons. The van der Waals surface area contributed by atoms with Crippen LogP contribution in [0, 0.1) is 0 Å². The van der Waals surface area contributed by atoms with Crippen molar-refractivity contribution < 1.29 is 4.74 Å². The Bertz CT molecular complexity index is 644. The van der Waals surface area contributed by atoms with Crippen molar-refractivity contribution in [3.63, 3.8) is 0 Å². The third-order valence-electron chi connectivity index (χ3n) is 2.60. The molecule has 0 aromatic heterocycles. The third-order valence-corrected chi connectivity index (χ3v) is 3.33. The van der Waals surface area contributed by atoms with Gasteiger partial charge in [0.25, 0.3) is 0 Å². The van der Waals surface area contributed by atoms with Gasteiger partial charge < -0.3 is 10.1 Å². The van der Waals surface area contributed by atoms with Crippen molar-refractivity contribution in [3.05, 3.63) is 58.6 Å². The van der Waals surface area contributed by atoms with Crippen LogP contribution < -0.4 is 15.5 Å². The summed E-state index contributed by atoms with van der Waals surface area (Å²) in [6.45, 7) is 0. The molecule has 6 heteroatoms. The molecular weight excluding hydrogens is 350 g/mol. The monoisotopic (exact) mass is 363 g/mol. The highest BCUT2D eigenvalue weighted by Crippen LogP contribution is 2.22. The number of para-hydroxylation sites is 2. The second-order valence-electron chi connectivity index (χ2n) is 4.08. The van der Waals surface area contributed by atoms with E-state index in [9.17, 15) is 0 Å². The lowest BCUT2D eigenvalue weighted by Gasteiger charge is -2.10. The van der Waals surface area contributed by atoms with Gasteiger partial charge >= 0.3 is 0 Å². The molecule has 0 amide bonds. The number of hydrogen-bond donors (Lipinski definition) is 2. The van der Waals surface area contributed by atoms with Gasteiger partial charge in [-0.3, -0.25) is 5.43 Å². The van der Waals surface area contributed by atoms with Crippen LogP contribution in [0.2, 0.25) is 0 Å². The summed E-state index contributed by atoms with van der Waals surface area (Å²) in [7, 11) is 1.61. The fraction of sp³-hybridized carbons (Fsp3) is 0.0667. The number of rotatable bonds is 4. The summed E-state index contributed by atoms with van der Waals surface area (Å²) < 4.78 is 6.27. The van der Waals surface area contributed by atoms with E-state index in [0.29, 0.717) is 5.11 Å². The van der Waals surface area contributed by atoms with Crippen LogP contribution in [0.3, 0.4) is 0 Å². The number of nitrogens with one attached hydrogen (secondary N) is 2. The Morgan fingerprint density at radius 1 is 1.19 bits per heavy atom. The molecule has 2 rings (SSSR count). The van der Waals surface area contributed by atoms with Crippen LogP contribution in [0.15, 0.2) is 58.1 Å². The van der Waals surface area contributed by atoms with E-state index in [0.717, 1.165) is 21.5 Å². The Labute approximate surface area is 137 Å².